The molecule has 164 valence electrons. The van der Waals surface area contributed by atoms with Crippen LogP contribution in [0, 0.1) is 0 Å². The number of carbonyl (C=O) groups excluding carboxylic acids is 4. The first-order chi connectivity index (χ1) is 14.9. The van der Waals surface area contributed by atoms with Crippen molar-refractivity contribution in [1.82, 2.24) is 5.32 Å². The summed E-state index contributed by atoms with van der Waals surface area (Å²) in [6.07, 6.45) is -0.207. The number of alkyl carbamates (subject to hydrolysis) is 1. The Labute approximate surface area is 179 Å². The highest BCUT2D eigenvalue weighted by Crippen LogP contribution is 2.17. The summed E-state index contributed by atoms with van der Waals surface area (Å²) in [7, 11) is 1.58. The lowest BCUT2D eigenvalue weighted by Gasteiger charge is -2.11. The van der Waals surface area contributed by atoms with Crippen molar-refractivity contribution in [3.05, 3.63) is 59.7 Å². The number of benzene rings is 2. The molecule has 3 amide bonds. The molecule has 0 atom stereocenters. The topological polar surface area (TPSA) is 120 Å². The molecule has 0 radical (unpaired) electrons. The summed E-state index contributed by atoms with van der Waals surface area (Å²) in [4.78, 5) is 47.5. The molecule has 0 aromatic heterocycles. The number of hydrogen-bond donors (Lipinski definition) is 2. The molecule has 9 heteroatoms. The fourth-order valence-corrected chi connectivity index (χ4v) is 2.56. The first kappa shape index (κ1) is 23.4. The highest BCUT2D eigenvalue weighted by atomic mass is 16.6. The van der Waals surface area contributed by atoms with E-state index in [1.54, 1.807) is 32.2 Å². The van der Waals surface area contributed by atoms with Gasteiger partial charge >= 0.3 is 12.1 Å². The fourth-order valence-electron chi connectivity index (χ4n) is 2.56. The van der Waals surface area contributed by atoms with Gasteiger partial charge in [0, 0.05) is 6.42 Å². The molecular weight excluding hydrogens is 404 g/mol. The van der Waals surface area contributed by atoms with Crippen LogP contribution in [0.15, 0.2) is 48.5 Å². The van der Waals surface area contributed by atoms with Gasteiger partial charge in [0.2, 0.25) is 5.91 Å². The van der Waals surface area contributed by atoms with Crippen LogP contribution in [-0.4, -0.2) is 44.2 Å². The average molecular weight is 428 g/mol. The lowest BCUT2D eigenvalue weighted by atomic mass is 10.1. The van der Waals surface area contributed by atoms with Crippen molar-refractivity contribution in [3.8, 4) is 5.75 Å². The van der Waals surface area contributed by atoms with Gasteiger partial charge in [-0.1, -0.05) is 24.3 Å². The van der Waals surface area contributed by atoms with E-state index in [-0.39, 0.29) is 30.2 Å². The summed E-state index contributed by atoms with van der Waals surface area (Å²) in [5.41, 5.74) is 1.32. The molecule has 0 aliphatic heterocycles. The Morgan fingerprint density at radius 2 is 1.61 bits per heavy atom. The van der Waals surface area contributed by atoms with Crippen molar-refractivity contribution in [2.75, 3.05) is 25.6 Å². The Hall–Kier alpha value is -3.88. The van der Waals surface area contributed by atoms with Gasteiger partial charge in [-0.05, 0) is 43.2 Å². The Morgan fingerprint density at radius 1 is 0.903 bits per heavy atom. The number of rotatable bonds is 9. The lowest BCUT2D eigenvalue weighted by Crippen LogP contribution is -2.34. The van der Waals surface area contributed by atoms with Gasteiger partial charge in [-0.3, -0.25) is 14.9 Å². The predicted octanol–water partition coefficient (Wildman–Crippen LogP) is 2.70. The molecule has 0 aliphatic carbocycles. The van der Waals surface area contributed by atoms with E-state index >= 15 is 0 Å². The number of hydrogen-bond acceptors (Lipinski definition) is 7. The molecule has 9 nitrogen and oxygen atoms in total. The number of methoxy groups -OCH3 is 1. The van der Waals surface area contributed by atoms with E-state index in [0.717, 1.165) is 11.3 Å². The van der Waals surface area contributed by atoms with Crippen LogP contribution in [0.25, 0.3) is 0 Å². The van der Waals surface area contributed by atoms with Crippen LogP contribution >= 0.6 is 0 Å². The normalized spacial score (nSPS) is 10.0. The van der Waals surface area contributed by atoms with Gasteiger partial charge in [-0.2, -0.15) is 0 Å². The van der Waals surface area contributed by atoms with Gasteiger partial charge in [0.25, 0.3) is 5.91 Å². The van der Waals surface area contributed by atoms with E-state index in [1.807, 2.05) is 29.6 Å². The highest BCUT2D eigenvalue weighted by Gasteiger charge is 2.17. The maximum Gasteiger partial charge on any atom is 0.413 e. The van der Waals surface area contributed by atoms with Gasteiger partial charge in [0.05, 0.1) is 25.0 Å². The number of nitrogens with one attached hydrogen (secondary N) is 2. The van der Waals surface area contributed by atoms with Gasteiger partial charge in [-0.15, -0.1) is 0 Å². The molecule has 0 saturated heterocycles. The number of anilines is 1. The van der Waals surface area contributed by atoms with E-state index in [1.165, 1.54) is 6.07 Å². The summed E-state index contributed by atoms with van der Waals surface area (Å²) in [6.45, 7) is 1.02. The first-order valence-electron chi connectivity index (χ1n) is 9.58. The number of para-hydroxylation sites is 1. The molecule has 2 aromatic carbocycles. The highest BCUT2D eigenvalue weighted by molar-refractivity contribution is 6.02. The zero-order chi connectivity index (χ0) is 22.6. The second kappa shape index (κ2) is 12.0. The third-order valence-electron chi connectivity index (χ3n) is 4.07. The SMILES string of the molecule is CCOC(=O)NC(=O)COC(=O)c1ccccc1NC(=O)CCc1ccc(OC)cc1. The summed E-state index contributed by atoms with van der Waals surface area (Å²) in [6, 6.07) is 13.7. The number of imide groups is 1. The summed E-state index contributed by atoms with van der Waals surface area (Å²) < 4.78 is 14.6. The monoisotopic (exact) mass is 428 g/mol. The van der Waals surface area contributed by atoms with Crippen LogP contribution in [-0.2, 0) is 25.5 Å². The maximum atomic E-state index is 12.3. The van der Waals surface area contributed by atoms with Gasteiger partial charge in [0.1, 0.15) is 5.75 Å². The molecule has 0 bridgehead atoms. The van der Waals surface area contributed by atoms with Crippen molar-refractivity contribution in [2.24, 2.45) is 0 Å². The van der Waals surface area contributed by atoms with Crippen LogP contribution in [0.4, 0.5) is 10.5 Å². The Morgan fingerprint density at radius 3 is 2.29 bits per heavy atom. The fraction of sp³-hybridized carbons (Fsp3) is 0.273. The summed E-state index contributed by atoms with van der Waals surface area (Å²) in [5, 5.41) is 4.60. The molecule has 0 fully saturated rings. The zero-order valence-electron chi connectivity index (χ0n) is 17.3. The second-order valence-electron chi connectivity index (χ2n) is 6.29. The molecule has 2 rings (SSSR count). The molecule has 2 aromatic rings. The maximum absolute atomic E-state index is 12.3. The molecule has 31 heavy (non-hydrogen) atoms. The Bertz CT molecular complexity index is 926. The smallest absolute Gasteiger partial charge is 0.413 e. The van der Waals surface area contributed by atoms with Gasteiger partial charge in [-0.25, -0.2) is 9.59 Å². The van der Waals surface area contributed by atoms with Crippen molar-refractivity contribution < 1.29 is 33.4 Å². The van der Waals surface area contributed by atoms with Crippen molar-refractivity contribution in [3.63, 3.8) is 0 Å². The van der Waals surface area contributed by atoms with E-state index in [0.29, 0.717) is 6.42 Å². The second-order valence-corrected chi connectivity index (χ2v) is 6.29. The van der Waals surface area contributed by atoms with E-state index < -0.39 is 24.6 Å². The van der Waals surface area contributed by atoms with Crippen LogP contribution in [0.2, 0.25) is 0 Å². The Kier molecular flexibility index (Phi) is 9.03. The molecule has 0 heterocycles. The predicted molar refractivity (Wildman–Crippen MR) is 112 cm³/mol. The number of carbonyl (C=O) groups is 4. The number of esters is 1. The minimum Gasteiger partial charge on any atom is -0.497 e. The van der Waals surface area contributed by atoms with Crippen LogP contribution in [0.3, 0.4) is 0 Å². The third kappa shape index (κ3) is 7.81. The zero-order valence-corrected chi connectivity index (χ0v) is 17.3. The minimum atomic E-state index is -0.923. The largest absolute Gasteiger partial charge is 0.497 e. The molecule has 0 saturated carbocycles. The molecule has 2 N–H and O–H groups in total. The average Bonchev–Trinajstić information content (AvgIpc) is 2.77. The van der Waals surface area contributed by atoms with E-state index in [9.17, 15) is 19.2 Å². The van der Waals surface area contributed by atoms with Crippen LogP contribution in [0.5, 0.6) is 5.75 Å². The van der Waals surface area contributed by atoms with Gasteiger partial charge < -0.3 is 19.5 Å². The van der Waals surface area contributed by atoms with Crippen molar-refractivity contribution in [1.29, 1.82) is 0 Å². The van der Waals surface area contributed by atoms with E-state index in [2.05, 4.69) is 10.1 Å². The first-order valence-corrected chi connectivity index (χ1v) is 9.58. The van der Waals surface area contributed by atoms with Crippen molar-refractivity contribution in [2.45, 2.75) is 19.8 Å². The minimum absolute atomic E-state index is 0.0873. The molecule has 0 spiro atoms. The van der Waals surface area contributed by atoms with Crippen LogP contribution in [0.1, 0.15) is 29.3 Å². The number of aryl methyl sites for hydroxylation is 1. The molecule has 0 aliphatic rings. The van der Waals surface area contributed by atoms with Gasteiger partial charge in [0.15, 0.2) is 6.61 Å². The third-order valence-corrected chi connectivity index (χ3v) is 4.07. The number of ether oxygens (including phenoxy) is 3. The summed E-state index contributed by atoms with van der Waals surface area (Å²) >= 11 is 0. The van der Waals surface area contributed by atoms with Crippen molar-refractivity contribution >= 4 is 29.6 Å². The Balaban J connectivity index is 1.89. The summed E-state index contributed by atoms with van der Waals surface area (Å²) in [5.74, 6) is -1.19. The number of amides is 3. The quantitative estimate of drug-likeness (QED) is 0.589. The van der Waals surface area contributed by atoms with Crippen LogP contribution < -0.4 is 15.4 Å². The molecule has 0 unspecified atom stereocenters. The standard InChI is InChI=1S/C22H24N2O7/c1-3-30-22(28)24-20(26)14-31-21(27)17-6-4-5-7-18(17)23-19(25)13-10-15-8-11-16(29-2)12-9-15/h4-9,11-12H,3,10,13-14H2,1-2H3,(H,23,25)(H,24,26,28). The lowest BCUT2D eigenvalue weighted by molar-refractivity contribution is -0.123. The van der Waals surface area contributed by atoms with E-state index in [4.69, 9.17) is 9.47 Å². The molecular formula is C22H24N2O7.